The second kappa shape index (κ2) is 61.4. The van der Waals surface area contributed by atoms with Gasteiger partial charge in [-0.1, -0.05) is 0 Å². The van der Waals surface area contributed by atoms with Gasteiger partial charge >= 0.3 is 162 Å². The molecule has 0 unspecified atom stereocenters. The maximum absolute atomic E-state index is 0. The second-order valence-corrected chi connectivity index (χ2v) is 0. The third kappa shape index (κ3) is 52.8. The molecule has 0 heterocycles. The Morgan fingerprint density at radius 3 is 0.444 bits per heavy atom. The molecule has 0 aromatic heterocycles. The number of hydrogen-bond donors (Lipinski definition) is 0. The van der Waals surface area contributed by atoms with Gasteiger partial charge in [-0.25, -0.2) is 0 Å². The van der Waals surface area contributed by atoms with Crippen LogP contribution in [-0.2, 0) is 61.2 Å². The molecule has 0 aliphatic rings. The van der Waals surface area contributed by atoms with Gasteiger partial charge in [-0.05, 0) is 0 Å². The van der Waals surface area contributed by atoms with Crippen molar-refractivity contribution in [2.45, 2.75) is 0 Å². The minimum absolute atomic E-state index is 0. The number of rotatable bonds is 0. The van der Waals surface area contributed by atoms with Gasteiger partial charge in [-0.2, -0.15) is 0 Å². The van der Waals surface area contributed by atoms with Gasteiger partial charge in [0, 0.05) is 44.8 Å². The van der Waals surface area contributed by atoms with E-state index in [-0.39, 0.29) is 223 Å². The van der Waals surface area contributed by atoms with E-state index in [1.807, 2.05) is 0 Å². The van der Waals surface area contributed by atoms with Crippen LogP contribution < -0.4 is 0 Å². The first-order chi connectivity index (χ1) is 0. The molecule has 0 spiro atoms. The Bertz CT molecular complexity index is 17.8. The van der Waals surface area contributed by atoms with Crippen molar-refractivity contribution < 1.29 is 132 Å². The van der Waals surface area contributed by atoms with Gasteiger partial charge in [0.1, 0.15) is 0 Å². The molecule has 0 fully saturated rings. The van der Waals surface area contributed by atoms with Gasteiger partial charge in [0.15, 0.2) is 0 Å². The Morgan fingerprint density at radius 2 is 0.444 bits per heavy atom. The predicted octanol–water partition coefficient (Wildman–Crippen LogP) is -2.19. The van der Waals surface area contributed by atoms with Crippen LogP contribution in [0.4, 0.5) is 0 Å². The van der Waals surface area contributed by atoms with Gasteiger partial charge < -0.3 is 16.4 Å². The van der Waals surface area contributed by atoms with Crippen molar-refractivity contribution in [2.75, 3.05) is 0 Å². The fraction of sp³-hybridized carbons (Fsp3) is 0. The topological polar surface area (TPSA) is 85.5 Å². The van der Waals surface area contributed by atoms with Crippen molar-refractivity contribution in [1.82, 2.24) is 0 Å². The first kappa shape index (κ1) is 75.5. The van der Waals surface area contributed by atoms with Crippen LogP contribution in [0.2, 0.25) is 0 Å². The summed E-state index contributed by atoms with van der Waals surface area (Å²) >= 11 is 0. The standard InChI is InChI=1S/2La.2Nb.3O.2Sr.4H/q2*+3;;;3*-2;;;;;;. The third-order valence-corrected chi connectivity index (χ3v) is 0. The van der Waals surface area contributed by atoms with E-state index >= 15 is 0 Å². The molecular formula is H4La2Nb2O3Sr2. The van der Waals surface area contributed by atoms with E-state index < -0.39 is 0 Å². The molecular weight excluding hydrogens is 687 g/mol. The molecule has 3 nitrogen and oxygen atoms in total. The van der Waals surface area contributed by atoms with Gasteiger partial charge in [0.05, 0.1) is 0 Å². The van der Waals surface area contributed by atoms with E-state index in [1.54, 1.807) is 0 Å². The van der Waals surface area contributed by atoms with Gasteiger partial charge in [-0.15, -0.1) is 0 Å². The first-order valence-corrected chi connectivity index (χ1v) is 0. The van der Waals surface area contributed by atoms with Crippen molar-refractivity contribution in [3.63, 3.8) is 0 Å². The maximum atomic E-state index is 0. The van der Waals surface area contributed by atoms with Crippen molar-refractivity contribution in [3.8, 4) is 0 Å². The summed E-state index contributed by atoms with van der Waals surface area (Å²) in [6.45, 7) is 0. The van der Waals surface area contributed by atoms with Crippen LogP contribution in [0, 0.1) is 71.2 Å². The molecule has 0 bridgehead atoms. The van der Waals surface area contributed by atoms with Gasteiger partial charge in [0.2, 0.25) is 0 Å². The molecule has 0 aliphatic heterocycles. The molecule has 0 atom stereocenters. The monoisotopic (exact) mass is 691 g/mol. The summed E-state index contributed by atoms with van der Waals surface area (Å²) in [6.07, 6.45) is 0. The average molecular weight is 691 g/mol. The molecule has 0 rings (SSSR count). The second-order valence-electron chi connectivity index (χ2n) is 0. The Hall–Kier alpha value is 6.71. The Balaban J connectivity index is 0. The average Bonchev–Trinajstić information content (AvgIpc) is 0. The van der Waals surface area contributed by atoms with Crippen molar-refractivity contribution in [2.24, 2.45) is 0 Å². The van der Waals surface area contributed by atoms with Gasteiger partial charge in [-0.3, -0.25) is 0 Å². The van der Waals surface area contributed by atoms with E-state index in [0.29, 0.717) is 0 Å². The fourth-order valence-electron chi connectivity index (χ4n) is 0. The predicted molar refractivity (Wildman–Crippen MR) is 19.1 cm³/mol. The Morgan fingerprint density at radius 1 is 0.444 bits per heavy atom. The molecule has 0 amide bonds. The van der Waals surface area contributed by atoms with E-state index in [2.05, 4.69) is 0 Å². The van der Waals surface area contributed by atoms with Crippen LogP contribution in [-0.4, -0.2) is 91.0 Å². The van der Waals surface area contributed by atoms with E-state index in [4.69, 9.17) is 0 Å². The van der Waals surface area contributed by atoms with Gasteiger partial charge in [0.25, 0.3) is 0 Å². The van der Waals surface area contributed by atoms with Crippen LogP contribution in [0.25, 0.3) is 0 Å². The van der Waals surface area contributed by atoms with Crippen molar-refractivity contribution in [1.29, 1.82) is 0 Å². The summed E-state index contributed by atoms with van der Waals surface area (Å²) in [5.74, 6) is 0. The van der Waals surface area contributed by atoms with E-state index in [1.165, 1.54) is 0 Å². The molecule has 0 saturated carbocycles. The van der Waals surface area contributed by atoms with Crippen molar-refractivity contribution in [3.05, 3.63) is 0 Å². The van der Waals surface area contributed by atoms with Crippen LogP contribution >= 0.6 is 0 Å². The minimum atomic E-state index is 0. The van der Waals surface area contributed by atoms with E-state index in [9.17, 15) is 0 Å². The van der Waals surface area contributed by atoms with Crippen LogP contribution in [0.15, 0.2) is 0 Å². The molecule has 2 radical (unpaired) electrons. The zero-order chi connectivity index (χ0) is 0. The van der Waals surface area contributed by atoms with E-state index in [0.717, 1.165) is 0 Å². The summed E-state index contributed by atoms with van der Waals surface area (Å²) in [6, 6.07) is 0. The summed E-state index contributed by atoms with van der Waals surface area (Å²) in [4.78, 5) is 0. The number of hydrogen-bond acceptors (Lipinski definition) is 0. The SMILES string of the molecule is [La+3].[La+3].[Nb].[Nb].[O-2].[O-2].[O-2].[SrH2].[SrH2]. The Kier molecular flexibility index (Phi) is 515. The summed E-state index contributed by atoms with van der Waals surface area (Å²) in [7, 11) is 0. The zero-order valence-electron chi connectivity index (χ0n) is 3.27. The molecule has 9 heteroatoms. The zero-order valence-corrected chi connectivity index (χ0v) is 14.9. The first-order valence-electron chi connectivity index (χ1n) is 0. The molecule has 42 valence electrons. The summed E-state index contributed by atoms with van der Waals surface area (Å²) in [5.41, 5.74) is 0. The van der Waals surface area contributed by atoms with Crippen LogP contribution in [0.3, 0.4) is 0 Å². The third-order valence-electron chi connectivity index (χ3n) is 0. The van der Waals surface area contributed by atoms with Crippen LogP contribution in [0.1, 0.15) is 0 Å². The molecule has 0 aromatic rings. The normalized spacial score (nSPS) is 0. The van der Waals surface area contributed by atoms with Crippen molar-refractivity contribution >= 4 is 91.0 Å². The molecule has 0 N–H and O–H groups in total. The quantitative estimate of drug-likeness (QED) is 0.259. The summed E-state index contributed by atoms with van der Waals surface area (Å²) < 4.78 is 0. The molecule has 0 saturated heterocycles. The molecule has 0 aliphatic carbocycles. The molecule has 9 heavy (non-hydrogen) atoms. The Labute approximate surface area is 216 Å². The summed E-state index contributed by atoms with van der Waals surface area (Å²) in [5, 5.41) is 0. The molecule has 0 aromatic carbocycles. The van der Waals surface area contributed by atoms with Crippen LogP contribution in [0.5, 0.6) is 0 Å². The fourth-order valence-corrected chi connectivity index (χ4v) is 0.